The molecule has 0 saturated heterocycles. The zero-order chi connectivity index (χ0) is 14.3. The molecule has 0 atom stereocenters. The molecule has 0 bridgehead atoms. The lowest BCUT2D eigenvalue weighted by atomic mass is 10.2. The molecule has 5 heteroatoms. The van der Waals surface area contributed by atoms with Crippen molar-refractivity contribution in [3.63, 3.8) is 0 Å². The van der Waals surface area contributed by atoms with Gasteiger partial charge in [-0.1, -0.05) is 0 Å². The summed E-state index contributed by atoms with van der Waals surface area (Å²) in [5.74, 6) is 0.676. The summed E-state index contributed by atoms with van der Waals surface area (Å²) >= 11 is 0. The van der Waals surface area contributed by atoms with Gasteiger partial charge in [-0.05, 0) is 31.2 Å². The Morgan fingerprint density at radius 3 is 2.26 bits per heavy atom. The highest BCUT2D eigenvalue weighted by Gasteiger charge is 2.16. The lowest BCUT2D eigenvalue weighted by Gasteiger charge is -2.22. The summed E-state index contributed by atoms with van der Waals surface area (Å²) in [5, 5.41) is 0. The molecule has 0 radical (unpaired) electrons. The van der Waals surface area contributed by atoms with Crippen LogP contribution in [0, 0.1) is 0 Å². The first-order valence-electron chi connectivity index (χ1n) is 6.16. The van der Waals surface area contributed by atoms with E-state index in [9.17, 15) is 4.79 Å². The maximum absolute atomic E-state index is 12.2. The molecule has 0 saturated carbocycles. The van der Waals surface area contributed by atoms with Crippen molar-refractivity contribution in [3.8, 4) is 5.75 Å². The Hall–Kier alpha value is -1.59. The number of amides is 1. The summed E-state index contributed by atoms with van der Waals surface area (Å²) in [6.07, 6.45) is -0.420. The molecule has 0 aliphatic heterocycles. The van der Waals surface area contributed by atoms with E-state index in [0.29, 0.717) is 18.7 Å². The van der Waals surface area contributed by atoms with Gasteiger partial charge in [-0.15, -0.1) is 0 Å². The van der Waals surface area contributed by atoms with Crippen LogP contribution in [0.25, 0.3) is 0 Å². The van der Waals surface area contributed by atoms with Crippen LogP contribution in [0.2, 0.25) is 0 Å². The number of carbonyl (C=O) groups excluding carboxylic acids is 1. The predicted octanol–water partition coefficient (Wildman–Crippen LogP) is 1.78. The predicted molar refractivity (Wildman–Crippen MR) is 72.4 cm³/mol. The Morgan fingerprint density at radius 2 is 1.79 bits per heavy atom. The molecule has 1 amide bonds. The number of benzene rings is 1. The summed E-state index contributed by atoms with van der Waals surface area (Å²) in [5.41, 5.74) is 0.608. The van der Waals surface area contributed by atoms with Crippen molar-refractivity contribution in [2.45, 2.75) is 13.2 Å². The van der Waals surface area contributed by atoms with Crippen LogP contribution in [-0.2, 0) is 9.47 Å². The van der Waals surface area contributed by atoms with Gasteiger partial charge in [0, 0.05) is 26.8 Å². The second-order valence-corrected chi connectivity index (χ2v) is 4.04. The number of hydrogen-bond acceptors (Lipinski definition) is 4. The van der Waals surface area contributed by atoms with Gasteiger partial charge >= 0.3 is 0 Å². The molecular weight excluding hydrogens is 246 g/mol. The van der Waals surface area contributed by atoms with Crippen LogP contribution < -0.4 is 4.74 Å². The minimum Gasteiger partial charge on any atom is -0.494 e. The first-order chi connectivity index (χ1) is 9.12. The van der Waals surface area contributed by atoms with Crippen LogP contribution in [0.4, 0.5) is 0 Å². The van der Waals surface area contributed by atoms with Crippen molar-refractivity contribution in [3.05, 3.63) is 29.8 Å². The third kappa shape index (κ3) is 4.54. The fraction of sp³-hybridized carbons (Fsp3) is 0.500. The fourth-order valence-corrected chi connectivity index (χ4v) is 1.63. The zero-order valence-corrected chi connectivity index (χ0v) is 11.9. The lowest BCUT2D eigenvalue weighted by Crippen LogP contribution is -2.36. The highest BCUT2D eigenvalue weighted by molar-refractivity contribution is 5.94. The van der Waals surface area contributed by atoms with Gasteiger partial charge in [0.25, 0.3) is 5.91 Å². The van der Waals surface area contributed by atoms with E-state index in [2.05, 4.69) is 0 Å². The van der Waals surface area contributed by atoms with Crippen molar-refractivity contribution >= 4 is 5.91 Å². The molecule has 0 unspecified atom stereocenters. The summed E-state index contributed by atoms with van der Waals surface area (Å²) < 4.78 is 15.5. The largest absolute Gasteiger partial charge is 0.494 e. The Balaban J connectivity index is 2.65. The molecule has 0 N–H and O–H groups in total. The van der Waals surface area contributed by atoms with Crippen LogP contribution >= 0.6 is 0 Å². The summed E-state index contributed by atoms with van der Waals surface area (Å²) in [4.78, 5) is 13.7. The van der Waals surface area contributed by atoms with Gasteiger partial charge in [-0.2, -0.15) is 0 Å². The zero-order valence-electron chi connectivity index (χ0n) is 11.9. The Kier molecular flexibility index (Phi) is 6.32. The normalized spacial score (nSPS) is 10.6. The van der Waals surface area contributed by atoms with Gasteiger partial charge in [0.1, 0.15) is 5.75 Å². The van der Waals surface area contributed by atoms with Crippen molar-refractivity contribution in [1.82, 2.24) is 4.90 Å². The van der Waals surface area contributed by atoms with E-state index in [4.69, 9.17) is 14.2 Å². The molecule has 106 valence electrons. The average Bonchev–Trinajstić information content (AvgIpc) is 2.45. The molecule has 1 aromatic carbocycles. The Bertz CT molecular complexity index is 387. The quantitative estimate of drug-likeness (QED) is 0.706. The number of methoxy groups -OCH3 is 2. The number of ether oxygens (including phenoxy) is 3. The molecule has 19 heavy (non-hydrogen) atoms. The van der Waals surface area contributed by atoms with Gasteiger partial charge in [0.2, 0.25) is 0 Å². The number of hydrogen-bond donors (Lipinski definition) is 0. The molecule has 0 aliphatic rings. The molecule has 0 aromatic heterocycles. The Morgan fingerprint density at radius 1 is 1.21 bits per heavy atom. The van der Waals surface area contributed by atoms with Gasteiger partial charge in [-0.3, -0.25) is 4.79 Å². The monoisotopic (exact) mass is 267 g/mol. The molecule has 0 spiro atoms. The maximum atomic E-state index is 12.2. The second kappa shape index (κ2) is 7.76. The highest BCUT2D eigenvalue weighted by Crippen LogP contribution is 2.13. The smallest absolute Gasteiger partial charge is 0.253 e. The van der Waals surface area contributed by atoms with E-state index in [1.807, 2.05) is 6.92 Å². The minimum atomic E-state index is -0.420. The number of likely N-dealkylation sites (N-methyl/N-ethyl adjacent to an activating group) is 1. The first kappa shape index (κ1) is 15.5. The molecule has 1 aromatic rings. The molecule has 0 heterocycles. The summed E-state index contributed by atoms with van der Waals surface area (Å²) in [6, 6.07) is 7.07. The molecule has 0 aliphatic carbocycles. The SMILES string of the molecule is CCOc1ccc(C(=O)N(C)CC(OC)OC)cc1. The van der Waals surface area contributed by atoms with E-state index in [-0.39, 0.29) is 5.91 Å². The molecule has 1 rings (SSSR count). The van der Waals surface area contributed by atoms with Gasteiger partial charge in [-0.25, -0.2) is 0 Å². The van der Waals surface area contributed by atoms with Gasteiger partial charge < -0.3 is 19.1 Å². The first-order valence-corrected chi connectivity index (χ1v) is 6.16. The van der Waals surface area contributed by atoms with Gasteiger partial charge in [0.05, 0.1) is 13.2 Å². The Labute approximate surface area is 114 Å². The standard InChI is InChI=1S/C14H21NO4/c1-5-19-12-8-6-11(7-9-12)14(16)15(2)10-13(17-3)18-4/h6-9,13H,5,10H2,1-4H3. The summed E-state index contributed by atoms with van der Waals surface area (Å²) in [6.45, 7) is 2.90. The van der Waals surface area contributed by atoms with Crippen LogP contribution in [0.5, 0.6) is 5.75 Å². The maximum Gasteiger partial charge on any atom is 0.253 e. The topological polar surface area (TPSA) is 48.0 Å². The van der Waals surface area contributed by atoms with Crippen LogP contribution in [-0.4, -0.2) is 51.5 Å². The number of rotatable bonds is 7. The van der Waals surface area contributed by atoms with E-state index >= 15 is 0 Å². The number of carbonyl (C=O) groups is 1. The van der Waals surface area contributed by atoms with E-state index in [1.165, 1.54) is 0 Å². The van der Waals surface area contributed by atoms with Crippen LogP contribution in [0.1, 0.15) is 17.3 Å². The molecule has 0 fully saturated rings. The highest BCUT2D eigenvalue weighted by atomic mass is 16.7. The average molecular weight is 267 g/mol. The minimum absolute atomic E-state index is 0.0813. The lowest BCUT2D eigenvalue weighted by molar-refractivity contribution is -0.110. The van der Waals surface area contributed by atoms with Crippen LogP contribution in [0.3, 0.4) is 0 Å². The number of nitrogens with zero attached hydrogens (tertiary/aromatic N) is 1. The molecule has 5 nitrogen and oxygen atoms in total. The van der Waals surface area contributed by atoms with Crippen molar-refractivity contribution in [2.24, 2.45) is 0 Å². The van der Waals surface area contributed by atoms with E-state index in [1.54, 1.807) is 50.4 Å². The van der Waals surface area contributed by atoms with E-state index in [0.717, 1.165) is 5.75 Å². The second-order valence-electron chi connectivity index (χ2n) is 4.04. The van der Waals surface area contributed by atoms with E-state index < -0.39 is 6.29 Å². The van der Waals surface area contributed by atoms with Crippen molar-refractivity contribution in [1.29, 1.82) is 0 Å². The van der Waals surface area contributed by atoms with Crippen molar-refractivity contribution < 1.29 is 19.0 Å². The van der Waals surface area contributed by atoms with Crippen LogP contribution in [0.15, 0.2) is 24.3 Å². The third-order valence-electron chi connectivity index (χ3n) is 2.71. The fourth-order valence-electron chi connectivity index (χ4n) is 1.63. The van der Waals surface area contributed by atoms with Gasteiger partial charge in [0.15, 0.2) is 6.29 Å². The summed E-state index contributed by atoms with van der Waals surface area (Å²) in [7, 11) is 4.80. The molecular formula is C14H21NO4. The third-order valence-corrected chi connectivity index (χ3v) is 2.71. The van der Waals surface area contributed by atoms with Crippen molar-refractivity contribution in [2.75, 3.05) is 34.4 Å².